The zero-order chi connectivity index (χ0) is 19.3. The van der Waals surface area contributed by atoms with E-state index in [1.807, 2.05) is 41.3 Å². The van der Waals surface area contributed by atoms with Crippen LogP contribution in [0.5, 0.6) is 0 Å². The Labute approximate surface area is 166 Å². The van der Waals surface area contributed by atoms with E-state index in [2.05, 4.69) is 60.1 Å². The summed E-state index contributed by atoms with van der Waals surface area (Å²) in [6.07, 6.45) is 7.47. The zero-order valence-electron chi connectivity index (χ0n) is 16.1. The molecular formula is C24H25N3O. The van der Waals surface area contributed by atoms with Gasteiger partial charge < -0.3 is 15.5 Å². The molecule has 2 aromatic rings. The highest BCUT2D eigenvalue weighted by atomic mass is 16.2. The molecule has 1 aliphatic carbocycles. The van der Waals surface area contributed by atoms with Gasteiger partial charge >= 0.3 is 6.03 Å². The van der Waals surface area contributed by atoms with E-state index in [-0.39, 0.29) is 12.1 Å². The number of anilines is 1. The van der Waals surface area contributed by atoms with E-state index in [1.54, 1.807) is 0 Å². The number of carbonyl (C=O) groups excluding carboxylic acids is 1. The van der Waals surface area contributed by atoms with Gasteiger partial charge in [-0.05, 0) is 42.2 Å². The van der Waals surface area contributed by atoms with Crippen molar-refractivity contribution in [2.24, 2.45) is 0 Å². The van der Waals surface area contributed by atoms with Gasteiger partial charge in [-0.1, -0.05) is 66.8 Å². The van der Waals surface area contributed by atoms with Gasteiger partial charge in [0.15, 0.2) is 0 Å². The average molecular weight is 371 g/mol. The molecule has 2 N–H and O–H groups in total. The van der Waals surface area contributed by atoms with E-state index in [0.717, 1.165) is 24.4 Å². The van der Waals surface area contributed by atoms with Crippen LogP contribution < -0.4 is 10.6 Å². The molecule has 1 heterocycles. The van der Waals surface area contributed by atoms with Crippen LogP contribution in [-0.4, -0.2) is 30.1 Å². The largest absolute Gasteiger partial charge is 0.385 e. The highest BCUT2D eigenvalue weighted by Crippen LogP contribution is 2.28. The topological polar surface area (TPSA) is 44.4 Å². The average Bonchev–Trinajstić information content (AvgIpc) is 2.75. The second-order valence-corrected chi connectivity index (χ2v) is 7.09. The molecule has 1 fully saturated rings. The quantitative estimate of drug-likeness (QED) is 0.796. The number of piperazine rings is 1. The van der Waals surface area contributed by atoms with Gasteiger partial charge in [0.2, 0.25) is 0 Å². The Hall–Kier alpha value is -3.27. The molecule has 4 rings (SSSR count). The van der Waals surface area contributed by atoms with Crippen molar-refractivity contribution < 1.29 is 4.79 Å². The van der Waals surface area contributed by atoms with Crippen molar-refractivity contribution in [2.45, 2.75) is 19.4 Å². The maximum Gasteiger partial charge on any atom is 0.322 e. The van der Waals surface area contributed by atoms with Gasteiger partial charge in [0.1, 0.15) is 0 Å². The summed E-state index contributed by atoms with van der Waals surface area (Å²) < 4.78 is 0. The van der Waals surface area contributed by atoms with Crippen LogP contribution in [0.3, 0.4) is 0 Å². The number of benzene rings is 2. The molecule has 0 spiro atoms. The van der Waals surface area contributed by atoms with Crippen LogP contribution in [0, 0.1) is 0 Å². The third-order valence-electron chi connectivity index (χ3n) is 5.30. The number of amides is 2. The number of urea groups is 1. The zero-order valence-corrected chi connectivity index (χ0v) is 16.1. The lowest BCUT2D eigenvalue weighted by atomic mass is 9.93. The second kappa shape index (κ2) is 8.17. The molecule has 0 saturated carbocycles. The van der Waals surface area contributed by atoms with Crippen molar-refractivity contribution in [3.63, 3.8) is 0 Å². The van der Waals surface area contributed by atoms with Gasteiger partial charge in [0.05, 0.1) is 6.04 Å². The van der Waals surface area contributed by atoms with Gasteiger partial charge in [-0.25, -0.2) is 4.79 Å². The predicted octanol–water partition coefficient (Wildman–Crippen LogP) is 4.81. The molecule has 1 aliphatic heterocycles. The van der Waals surface area contributed by atoms with E-state index in [4.69, 9.17) is 0 Å². The van der Waals surface area contributed by atoms with Crippen LogP contribution in [-0.2, 0) is 0 Å². The Morgan fingerprint density at radius 2 is 1.75 bits per heavy atom. The first kappa shape index (κ1) is 18.1. The van der Waals surface area contributed by atoms with E-state index in [0.29, 0.717) is 6.54 Å². The van der Waals surface area contributed by atoms with Gasteiger partial charge in [-0.15, -0.1) is 0 Å². The summed E-state index contributed by atoms with van der Waals surface area (Å²) in [6, 6.07) is 20.0. The molecule has 142 valence electrons. The first-order chi connectivity index (χ1) is 13.7. The van der Waals surface area contributed by atoms with Crippen molar-refractivity contribution >= 4 is 17.3 Å². The van der Waals surface area contributed by atoms with Crippen molar-refractivity contribution in [3.8, 4) is 0 Å². The Morgan fingerprint density at radius 1 is 1.04 bits per heavy atom. The minimum Gasteiger partial charge on any atom is -0.385 e. The van der Waals surface area contributed by atoms with Gasteiger partial charge in [-0.3, -0.25) is 0 Å². The smallest absolute Gasteiger partial charge is 0.322 e. The number of nitrogens with one attached hydrogen (secondary N) is 2. The maximum atomic E-state index is 12.8. The van der Waals surface area contributed by atoms with Crippen LogP contribution in [0.4, 0.5) is 10.5 Å². The van der Waals surface area contributed by atoms with E-state index in [1.165, 1.54) is 16.7 Å². The number of hydrogen-bond acceptors (Lipinski definition) is 2. The van der Waals surface area contributed by atoms with Crippen molar-refractivity contribution in [1.82, 2.24) is 10.2 Å². The molecule has 1 atom stereocenters. The Kier molecular flexibility index (Phi) is 5.29. The number of nitrogens with zero attached hydrogens (tertiary/aromatic N) is 1. The number of para-hydroxylation sites is 1. The summed E-state index contributed by atoms with van der Waals surface area (Å²) in [5.74, 6) is 0. The summed E-state index contributed by atoms with van der Waals surface area (Å²) in [5.41, 5.74) is 5.67. The third kappa shape index (κ3) is 3.86. The van der Waals surface area contributed by atoms with E-state index >= 15 is 0 Å². The maximum absolute atomic E-state index is 12.8. The molecule has 4 nitrogen and oxygen atoms in total. The number of rotatable bonds is 2. The summed E-state index contributed by atoms with van der Waals surface area (Å²) in [4.78, 5) is 14.7. The molecule has 0 aromatic heterocycles. The lowest BCUT2D eigenvalue weighted by molar-refractivity contribution is 0.190. The predicted molar refractivity (Wildman–Crippen MR) is 115 cm³/mol. The Balaban J connectivity index is 1.49. The Morgan fingerprint density at radius 3 is 2.43 bits per heavy atom. The van der Waals surface area contributed by atoms with Crippen molar-refractivity contribution in [2.75, 3.05) is 18.4 Å². The standard InChI is InChI=1S/C24H25N3O/c1-18-23(21-14-12-20(13-15-21)19-8-4-2-5-9-19)25-16-17-27(18)24(28)26-22-10-6-3-7-11-22/h2-14,18,25H,15-17H2,1H3,(H,26,28). The fourth-order valence-electron chi connectivity index (χ4n) is 3.78. The van der Waals surface area contributed by atoms with Gasteiger partial charge in [0.25, 0.3) is 0 Å². The fourth-order valence-corrected chi connectivity index (χ4v) is 3.78. The number of carbonyl (C=O) groups is 1. The van der Waals surface area contributed by atoms with E-state index in [9.17, 15) is 4.79 Å². The first-order valence-corrected chi connectivity index (χ1v) is 9.75. The fraction of sp³-hybridized carbons (Fsp3) is 0.208. The van der Waals surface area contributed by atoms with Crippen LogP contribution in [0.25, 0.3) is 5.57 Å². The van der Waals surface area contributed by atoms with Crippen LogP contribution in [0.15, 0.2) is 90.2 Å². The normalized spacial score (nSPS) is 21.7. The van der Waals surface area contributed by atoms with Gasteiger partial charge in [0, 0.05) is 24.5 Å². The highest BCUT2D eigenvalue weighted by Gasteiger charge is 2.28. The summed E-state index contributed by atoms with van der Waals surface area (Å²) >= 11 is 0. The summed E-state index contributed by atoms with van der Waals surface area (Å²) in [7, 11) is 0. The molecule has 0 bridgehead atoms. The molecule has 2 amide bonds. The van der Waals surface area contributed by atoms with Crippen LogP contribution in [0.1, 0.15) is 18.9 Å². The van der Waals surface area contributed by atoms with Crippen LogP contribution >= 0.6 is 0 Å². The lowest BCUT2D eigenvalue weighted by Gasteiger charge is -2.37. The summed E-state index contributed by atoms with van der Waals surface area (Å²) in [5, 5.41) is 6.52. The van der Waals surface area contributed by atoms with Crippen molar-refractivity contribution in [3.05, 3.63) is 95.7 Å². The molecule has 2 aliphatic rings. The molecule has 1 saturated heterocycles. The Bertz CT molecular complexity index is 929. The SMILES string of the molecule is CC1C(=C2C=CC(c3ccccc3)=CC2)NCCN1C(=O)Nc1ccccc1. The minimum absolute atomic E-state index is 0.00351. The molecule has 28 heavy (non-hydrogen) atoms. The molecule has 0 radical (unpaired) electrons. The minimum atomic E-state index is -0.0568. The van der Waals surface area contributed by atoms with E-state index < -0.39 is 0 Å². The molecular weight excluding hydrogens is 346 g/mol. The molecule has 1 unspecified atom stereocenters. The first-order valence-electron chi connectivity index (χ1n) is 9.75. The molecule has 4 heteroatoms. The third-order valence-corrected chi connectivity index (χ3v) is 5.30. The van der Waals surface area contributed by atoms with Crippen LogP contribution in [0.2, 0.25) is 0 Å². The number of hydrogen-bond donors (Lipinski definition) is 2. The monoisotopic (exact) mass is 371 g/mol. The molecule has 2 aromatic carbocycles. The highest BCUT2D eigenvalue weighted by molar-refractivity contribution is 5.90. The number of allylic oxidation sites excluding steroid dienone is 5. The van der Waals surface area contributed by atoms with Crippen molar-refractivity contribution in [1.29, 1.82) is 0 Å². The lowest BCUT2D eigenvalue weighted by Crippen LogP contribution is -2.52. The summed E-state index contributed by atoms with van der Waals surface area (Å²) in [6.45, 7) is 3.53. The second-order valence-electron chi connectivity index (χ2n) is 7.09. The van der Waals surface area contributed by atoms with Gasteiger partial charge in [-0.2, -0.15) is 0 Å².